The summed E-state index contributed by atoms with van der Waals surface area (Å²) in [6.07, 6.45) is 0.193. The quantitative estimate of drug-likeness (QED) is 0.796. The monoisotopic (exact) mass is 288 g/mol. The Balaban J connectivity index is 2.01. The Morgan fingerprint density at radius 3 is 2.62 bits per heavy atom. The zero-order chi connectivity index (χ0) is 15.2. The molecule has 7 heteroatoms. The van der Waals surface area contributed by atoms with Gasteiger partial charge in [-0.05, 0) is 11.6 Å². The minimum Gasteiger partial charge on any atom is -0.506 e. The summed E-state index contributed by atoms with van der Waals surface area (Å²) in [6, 6.07) is 10.0. The second-order valence-corrected chi connectivity index (χ2v) is 4.08. The molecule has 0 bridgehead atoms. The van der Waals surface area contributed by atoms with Gasteiger partial charge in [0.05, 0.1) is 6.20 Å². The number of pyridine rings is 1. The fraction of sp³-hybridized carbons (Fsp3) is 0.0714. The third-order valence-corrected chi connectivity index (χ3v) is 2.54. The minimum atomic E-state index is -1.32. The number of nitrogens with one attached hydrogen (secondary N) is 1. The Labute approximate surface area is 119 Å². The van der Waals surface area contributed by atoms with E-state index in [1.165, 1.54) is 0 Å². The SMILES string of the molecule is O=C(Nc1ncc(O)cc1C(=O)O)OCc1ccccc1. The summed E-state index contributed by atoms with van der Waals surface area (Å²) in [5.74, 6) is -1.83. The number of anilines is 1. The largest absolute Gasteiger partial charge is 0.506 e. The highest BCUT2D eigenvalue weighted by Crippen LogP contribution is 2.18. The molecule has 0 aliphatic heterocycles. The van der Waals surface area contributed by atoms with Gasteiger partial charge >= 0.3 is 12.1 Å². The summed E-state index contributed by atoms with van der Waals surface area (Å²) in [7, 11) is 0. The lowest BCUT2D eigenvalue weighted by Crippen LogP contribution is -2.17. The van der Waals surface area contributed by atoms with Crippen LogP contribution in [-0.2, 0) is 11.3 Å². The minimum absolute atomic E-state index is 0.0488. The van der Waals surface area contributed by atoms with E-state index >= 15 is 0 Å². The van der Waals surface area contributed by atoms with Gasteiger partial charge in [0.15, 0.2) is 0 Å². The van der Waals surface area contributed by atoms with Gasteiger partial charge in [-0.3, -0.25) is 5.32 Å². The zero-order valence-corrected chi connectivity index (χ0v) is 10.8. The maximum Gasteiger partial charge on any atom is 0.413 e. The molecule has 0 spiro atoms. The van der Waals surface area contributed by atoms with Crippen molar-refractivity contribution in [3.05, 3.63) is 53.7 Å². The summed E-state index contributed by atoms with van der Waals surface area (Å²) in [5, 5.41) is 20.4. The summed E-state index contributed by atoms with van der Waals surface area (Å²) in [5.41, 5.74) is 0.469. The lowest BCUT2D eigenvalue weighted by Gasteiger charge is -2.08. The predicted molar refractivity (Wildman–Crippen MR) is 73.1 cm³/mol. The number of aromatic nitrogens is 1. The topological polar surface area (TPSA) is 109 Å². The average Bonchev–Trinajstić information content (AvgIpc) is 2.48. The number of carboxylic acid groups (broad SMARTS) is 1. The van der Waals surface area contributed by atoms with Gasteiger partial charge in [-0.15, -0.1) is 0 Å². The number of aromatic carboxylic acids is 1. The molecule has 1 aromatic heterocycles. The number of rotatable bonds is 4. The van der Waals surface area contributed by atoms with E-state index in [4.69, 9.17) is 9.84 Å². The Bertz CT molecular complexity index is 658. The number of benzene rings is 1. The van der Waals surface area contributed by atoms with Crippen LogP contribution in [0.25, 0.3) is 0 Å². The standard InChI is InChI=1S/C14H12N2O5/c17-10-6-11(13(18)19)12(15-7-10)16-14(20)21-8-9-4-2-1-3-5-9/h1-7,17H,8H2,(H,18,19)(H,15,16,20). The highest BCUT2D eigenvalue weighted by atomic mass is 16.5. The van der Waals surface area contributed by atoms with Crippen molar-refractivity contribution < 1.29 is 24.5 Å². The van der Waals surface area contributed by atoms with Crippen LogP contribution in [0, 0.1) is 0 Å². The van der Waals surface area contributed by atoms with Crippen LogP contribution in [0.15, 0.2) is 42.6 Å². The van der Waals surface area contributed by atoms with E-state index in [2.05, 4.69) is 10.3 Å². The van der Waals surface area contributed by atoms with Crippen LogP contribution >= 0.6 is 0 Å². The molecule has 0 unspecified atom stereocenters. The van der Waals surface area contributed by atoms with E-state index in [1.54, 1.807) is 24.3 Å². The van der Waals surface area contributed by atoms with Crippen LogP contribution in [0.5, 0.6) is 5.75 Å². The number of carbonyl (C=O) groups excluding carboxylic acids is 1. The van der Waals surface area contributed by atoms with Crippen molar-refractivity contribution in [3.8, 4) is 5.75 Å². The maximum absolute atomic E-state index is 11.6. The molecule has 21 heavy (non-hydrogen) atoms. The van der Waals surface area contributed by atoms with E-state index in [0.717, 1.165) is 17.8 Å². The summed E-state index contributed by atoms with van der Waals surface area (Å²) >= 11 is 0. The number of ether oxygens (including phenoxy) is 1. The first kappa shape index (κ1) is 14.3. The molecule has 3 N–H and O–H groups in total. The summed E-state index contributed by atoms with van der Waals surface area (Å²) < 4.78 is 4.95. The van der Waals surface area contributed by atoms with Crippen molar-refractivity contribution in [2.45, 2.75) is 6.61 Å². The fourth-order valence-electron chi connectivity index (χ4n) is 1.57. The molecule has 0 radical (unpaired) electrons. The lowest BCUT2D eigenvalue weighted by atomic mass is 10.2. The van der Waals surface area contributed by atoms with Gasteiger partial charge in [0.25, 0.3) is 0 Å². The first-order valence-electron chi connectivity index (χ1n) is 5.96. The van der Waals surface area contributed by atoms with Gasteiger partial charge < -0.3 is 14.9 Å². The molecular formula is C14H12N2O5. The van der Waals surface area contributed by atoms with E-state index in [1.807, 2.05) is 6.07 Å². The molecule has 2 aromatic rings. The number of hydrogen-bond acceptors (Lipinski definition) is 5. The normalized spacial score (nSPS) is 9.90. The van der Waals surface area contributed by atoms with Crippen LogP contribution in [0.1, 0.15) is 15.9 Å². The number of carbonyl (C=O) groups is 2. The molecule has 0 aliphatic rings. The van der Waals surface area contributed by atoms with Crippen LogP contribution in [0.4, 0.5) is 10.6 Å². The number of carboxylic acids is 1. The molecule has 108 valence electrons. The number of aromatic hydroxyl groups is 1. The first-order chi connectivity index (χ1) is 10.1. The van der Waals surface area contributed by atoms with Gasteiger partial charge in [0.2, 0.25) is 0 Å². The maximum atomic E-state index is 11.6. The molecule has 1 amide bonds. The van der Waals surface area contributed by atoms with Crippen LogP contribution < -0.4 is 5.32 Å². The summed E-state index contributed by atoms with van der Waals surface area (Å²) in [6.45, 7) is 0.0488. The molecular weight excluding hydrogens is 276 g/mol. The third kappa shape index (κ3) is 3.93. The molecule has 1 heterocycles. The number of nitrogens with zero attached hydrogens (tertiary/aromatic N) is 1. The molecule has 0 saturated carbocycles. The van der Waals surface area contributed by atoms with E-state index in [-0.39, 0.29) is 23.7 Å². The average molecular weight is 288 g/mol. The van der Waals surface area contributed by atoms with Crippen LogP contribution in [-0.4, -0.2) is 27.3 Å². The smallest absolute Gasteiger partial charge is 0.413 e. The molecule has 1 aromatic carbocycles. The molecule has 0 saturated heterocycles. The van der Waals surface area contributed by atoms with Gasteiger partial charge in [0.1, 0.15) is 23.7 Å². The molecule has 2 rings (SSSR count). The van der Waals surface area contributed by atoms with Gasteiger partial charge in [0, 0.05) is 0 Å². The van der Waals surface area contributed by atoms with Crippen LogP contribution in [0.3, 0.4) is 0 Å². The summed E-state index contributed by atoms with van der Waals surface area (Å²) in [4.78, 5) is 26.3. The van der Waals surface area contributed by atoms with Gasteiger partial charge in [-0.25, -0.2) is 14.6 Å². The van der Waals surface area contributed by atoms with Gasteiger partial charge in [-0.2, -0.15) is 0 Å². The second-order valence-electron chi connectivity index (χ2n) is 4.08. The molecule has 0 aliphatic carbocycles. The van der Waals surface area contributed by atoms with E-state index < -0.39 is 12.1 Å². The fourth-order valence-corrected chi connectivity index (χ4v) is 1.57. The van der Waals surface area contributed by atoms with Crippen molar-refractivity contribution in [2.75, 3.05) is 5.32 Å². The Morgan fingerprint density at radius 1 is 1.24 bits per heavy atom. The van der Waals surface area contributed by atoms with Crippen molar-refractivity contribution in [3.63, 3.8) is 0 Å². The number of amides is 1. The predicted octanol–water partition coefficient (Wildman–Crippen LogP) is 2.23. The van der Waals surface area contributed by atoms with E-state index in [0.29, 0.717) is 0 Å². The molecule has 7 nitrogen and oxygen atoms in total. The van der Waals surface area contributed by atoms with Crippen molar-refractivity contribution in [2.24, 2.45) is 0 Å². The zero-order valence-electron chi connectivity index (χ0n) is 10.8. The van der Waals surface area contributed by atoms with Crippen LogP contribution in [0.2, 0.25) is 0 Å². The van der Waals surface area contributed by atoms with Gasteiger partial charge in [-0.1, -0.05) is 30.3 Å². The van der Waals surface area contributed by atoms with Crippen molar-refractivity contribution >= 4 is 17.9 Å². The highest BCUT2D eigenvalue weighted by Gasteiger charge is 2.15. The Hall–Kier alpha value is -3.09. The highest BCUT2D eigenvalue weighted by molar-refractivity contribution is 5.97. The third-order valence-electron chi connectivity index (χ3n) is 2.54. The Morgan fingerprint density at radius 2 is 1.95 bits per heavy atom. The molecule has 0 atom stereocenters. The molecule has 0 fully saturated rings. The first-order valence-corrected chi connectivity index (χ1v) is 5.96. The Kier molecular flexibility index (Phi) is 4.35. The second kappa shape index (κ2) is 6.38. The lowest BCUT2D eigenvalue weighted by molar-refractivity contribution is 0.0697. The van der Waals surface area contributed by atoms with Crippen molar-refractivity contribution in [1.82, 2.24) is 4.98 Å². The van der Waals surface area contributed by atoms with E-state index in [9.17, 15) is 14.7 Å². The number of hydrogen-bond donors (Lipinski definition) is 3. The van der Waals surface area contributed by atoms with Crippen molar-refractivity contribution in [1.29, 1.82) is 0 Å².